The molecule has 3 atom stereocenters. The molecule has 41 heavy (non-hydrogen) atoms. The second-order valence-electron chi connectivity index (χ2n) is 11.0. The highest BCUT2D eigenvalue weighted by molar-refractivity contribution is 9.10. The molecule has 1 saturated carbocycles. The summed E-state index contributed by atoms with van der Waals surface area (Å²) in [7, 11) is 0. The zero-order chi connectivity index (χ0) is 29.1. The smallest absolute Gasteiger partial charge is 0.248 e. The largest absolute Gasteiger partial charge is 0.354 e. The molecule has 6 rings (SSSR count). The first-order chi connectivity index (χ1) is 19.5. The predicted molar refractivity (Wildman–Crippen MR) is 154 cm³/mol. The molecule has 2 amide bonds. The van der Waals surface area contributed by atoms with Gasteiger partial charge in [-0.05, 0) is 70.9 Å². The number of nitrogens with one attached hydrogen (secondary N) is 2. The lowest BCUT2D eigenvalue weighted by atomic mass is 10.0. The second-order valence-corrected chi connectivity index (χ2v) is 11.8. The fourth-order valence-corrected chi connectivity index (χ4v) is 6.00. The van der Waals surface area contributed by atoms with Crippen molar-refractivity contribution in [3.05, 3.63) is 70.5 Å². The number of pyridine rings is 2. The molecule has 2 fully saturated rings. The van der Waals surface area contributed by atoms with Crippen molar-refractivity contribution in [2.24, 2.45) is 5.41 Å². The lowest BCUT2D eigenvalue weighted by molar-refractivity contribution is -0.138. The van der Waals surface area contributed by atoms with E-state index in [1.807, 2.05) is 13.0 Å². The number of halogens is 2. The Balaban J connectivity index is 1.26. The quantitative estimate of drug-likeness (QED) is 0.220. The minimum absolute atomic E-state index is 0.0351. The van der Waals surface area contributed by atoms with Gasteiger partial charge in [0.05, 0.1) is 23.6 Å². The number of fused-ring (bicyclic) bond motifs is 2. The molecule has 1 aliphatic carbocycles. The van der Waals surface area contributed by atoms with Gasteiger partial charge in [0, 0.05) is 30.1 Å². The van der Waals surface area contributed by atoms with Crippen LogP contribution in [0.4, 0.5) is 21.6 Å². The van der Waals surface area contributed by atoms with E-state index < -0.39 is 11.9 Å². The Bertz CT molecular complexity index is 1740. The molecule has 12 heteroatoms. The van der Waals surface area contributed by atoms with E-state index >= 15 is 0 Å². The summed E-state index contributed by atoms with van der Waals surface area (Å²) in [5.41, 5.74) is 2.59. The van der Waals surface area contributed by atoms with Crippen LogP contribution < -0.4 is 10.6 Å². The van der Waals surface area contributed by atoms with Crippen LogP contribution in [0.5, 0.6) is 0 Å². The van der Waals surface area contributed by atoms with Crippen LogP contribution in [0.2, 0.25) is 0 Å². The maximum absolute atomic E-state index is 13.8. The van der Waals surface area contributed by atoms with Gasteiger partial charge in [0.2, 0.25) is 11.8 Å². The summed E-state index contributed by atoms with van der Waals surface area (Å²) in [6, 6.07) is 9.55. The number of likely N-dealkylation sites (tertiary alicyclic amines) is 1. The van der Waals surface area contributed by atoms with Gasteiger partial charge in [-0.2, -0.15) is 5.10 Å². The van der Waals surface area contributed by atoms with Gasteiger partial charge in [0.15, 0.2) is 5.78 Å². The molecule has 0 radical (unpaired) electrons. The minimum Gasteiger partial charge on any atom is -0.354 e. The highest BCUT2D eigenvalue weighted by Crippen LogP contribution is 2.59. The molecule has 0 bridgehead atoms. The number of nitrogens with zero attached hydrogens (tertiary/aromatic N) is 5. The van der Waals surface area contributed by atoms with Gasteiger partial charge < -0.3 is 15.5 Å². The molecule has 4 heterocycles. The minimum atomic E-state index is -0.642. The van der Waals surface area contributed by atoms with Crippen molar-refractivity contribution in [2.45, 2.75) is 52.2 Å². The number of ketones is 1. The standard InChI is InChI=1S/C29H27BrFN7O3/c1-15-4-7-24(30)34-27(15)35-28(41)22-10-29(3)11-23(29)38(22)25(40)14-37-21-6-5-18(9-20(21)26(36-37)16(2)39)33-19-8-17(31)12-32-13-19/h4-9,12-13,22-23,33H,10-11,14H2,1-3H3,(H,34,35,41)/t22-,23+,29-/m0/s1. The number of aromatic nitrogens is 4. The van der Waals surface area contributed by atoms with E-state index in [1.54, 1.807) is 29.2 Å². The molecule has 2 N–H and O–H groups in total. The molecule has 3 aromatic heterocycles. The van der Waals surface area contributed by atoms with Crippen molar-refractivity contribution < 1.29 is 18.8 Å². The predicted octanol–water partition coefficient (Wildman–Crippen LogP) is 5.00. The van der Waals surface area contributed by atoms with E-state index in [-0.39, 0.29) is 41.3 Å². The van der Waals surface area contributed by atoms with Crippen molar-refractivity contribution in [2.75, 3.05) is 10.6 Å². The Morgan fingerprint density at radius 2 is 1.93 bits per heavy atom. The summed E-state index contributed by atoms with van der Waals surface area (Å²) in [5, 5.41) is 11.0. The first kappa shape index (κ1) is 27.0. The number of anilines is 3. The van der Waals surface area contributed by atoms with Gasteiger partial charge in [-0.1, -0.05) is 13.0 Å². The van der Waals surface area contributed by atoms with Crippen molar-refractivity contribution in [3.63, 3.8) is 0 Å². The number of piperidine rings is 1. The van der Waals surface area contributed by atoms with E-state index in [1.165, 1.54) is 23.9 Å². The lowest BCUT2D eigenvalue weighted by Crippen LogP contribution is -2.47. The lowest BCUT2D eigenvalue weighted by Gasteiger charge is -2.27. The van der Waals surface area contributed by atoms with Crippen molar-refractivity contribution in [3.8, 4) is 0 Å². The Hall–Kier alpha value is -4.19. The van der Waals surface area contributed by atoms with Gasteiger partial charge in [-0.25, -0.2) is 9.37 Å². The Kier molecular flexibility index (Phi) is 6.60. The first-order valence-electron chi connectivity index (χ1n) is 13.2. The monoisotopic (exact) mass is 619 g/mol. The molecule has 1 saturated heterocycles. The van der Waals surface area contributed by atoms with Gasteiger partial charge in [0.1, 0.15) is 34.5 Å². The van der Waals surface area contributed by atoms with Gasteiger partial charge in [-0.3, -0.25) is 24.0 Å². The van der Waals surface area contributed by atoms with E-state index in [2.05, 4.69) is 48.6 Å². The molecular formula is C29H27BrFN7O3. The van der Waals surface area contributed by atoms with Crippen LogP contribution in [0.25, 0.3) is 10.9 Å². The number of aryl methyl sites for hydroxylation is 1. The second kappa shape index (κ2) is 10.0. The van der Waals surface area contributed by atoms with Crippen LogP contribution in [0.1, 0.15) is 42.7 Å². The van der Waals surface area contributed by atoms with Crippen LogP contribution in [0.3, 0.4) is 0 Å². The van der Waals surface area contributed by atoms with Crippen LogP contribution in [0.15, 0.2) is 53.4 Å². The number of benzene rings is 1. The summed E-state index contributed by atoms with van der Waals surface area (Å²) in [4.78, 5) is 49.5. The molecule has 1 aromatic carbocycles. The van der Waals surface area contributed by atoms with Crippen molar-refractivity contribution in [1.82, 2.24) is 24.6 Å². The molecular weight excluding hydrogens is 593 g/mol. The summed E-state index contributed by atoms with van der Waals surface area (Å²) in [6.45, 7) is 5.23. The normalized spacial score (nSPS) is 21.0. The van der Waals surface area contributed by atoms with Crippen LogP contribution in [-0.2, 0) is 16.1 Å². The Morgan fingerprint density at radius 1 is 1.12 bits per heavy atom. The number of Topliss-reactive ketones (excluding diaryl/α,β-unsaturated/α-hetero) is 1. The fourth-order valence-electron chi connectivity index (χ4n) is 5.69. The van der Waals surface area contributed by atoms with Crippen LogP contribution >= 0.6 is 15.9 Å². The SMILES string of the molecule is CC(=O)c1nn(CC(=O)N2[C@H](C(=O)Nc3nc(Br)ccc3C)C[C@@]3(C)C[C@@H]23)c2ccc(Nc3cncc(F)c3)cc12. The third-order valence-electron chi connectivity index (χ3n) is 7.89. The zero-order valence-electron chi connectivity index (χ0n) is 22.6. The summed E-state index contributed by atoms with van der Waals surface area (Å²) in [5.74, 6) is -0.808. The number of hydrogen-bond donors (Lipinski definition) is 2. The van der Waals surface area contributed by atoms with E-state index in [0.29, 0.717) is 39.1 Å². The molecule has 4 aromatic rings. The fraction of sp³-hybridized carbons (Fsp3) is 0.310. The third-order valence-corrected chi connectivity index (χ3v) is 8.33. The van der Waals surface area contributed by atoms with Crippen LogP contribution in [0, 0.1) is 18.2 Å². The summed E-state index contributed by atoms with van der Waals surface area (Å²) < 4.78 is 15.7. The van der Waals surface area contributed by atoms with E-state index in [0.717, 1.165) is 18.2 Å². The van der Waals surface area contributed by atoms with Crippen molar-refractivity contribution >= 4 is 61.6 Å². The maximum atomic E-state index is 13.8. The summed E-state index contributed by atoms with van der Waals surface area (Å²) in [6.07, 6.45) is 3.99. The molecule has 10 nitrogen and oxygen atoms in total. The zero-order valence-corrected chi connectivity index (χ0v) is 24.2. The van der Waals surface area contributed by atoms with E-state index in [9.17, 15) is 18.8 Å². The van der Waals surface area contributed by atoms with Gasteiger partial charge in [0.25, 0.3) is 0 Å². The third kappa shape index (κ3) is 5.08. The maximum Gasteiger partial charge on any atom is 0.248 e. The number of carbonyl (C=O) groups is 3. The molecule has 0 spiro atoms. The average molecular weight is 620 g/mol. The number of hydrogen-bond acceptors (Lipinski definition) is 7. The summed E-state index contributed by atoms with van der Waals surface area (Å²) >= 11 is 3.34. The average Bonchev–Trinajstić information content (AvgIpc) is 3.28. The highest BCUT2D eigenvalue weighted by Gasteiger charge is 2.64. The van der Waals surface area contributed by atoms with Crippen LogP contribution in [-0.4, -0.2) is 54.3 Å². The molecule has 0 unspecified atom stereocenters. The topological polar surface area (TPSA) is 122 Å². The first-order valence-corrected chi connectivity index (χ1v) is 14.0. The highest BCUT2D eigenvalue weighted by atomic mass is 79.9. The molecule has 1 aliphatic heterocycles. The van der Waals surface area contributed by atoms with Gasteiger partial charge >= 0.3 is 0 Å². The number of amides is 2. The number of carbonyl (C=O) groups excluding carboxylic acids is 3. The number of rotatable bonds is 7. The Labute approximate surface area is 243 Å². The Morgan fingerprint density at radius 3 is 2.68 bits per heavy atom. The van der Waals surface area contributed by atoms with E-state index in [4.69, 9.17) is 0 Å². The molecule has 2 aliphatic rings. The van der Waals surface area contributed by atoms with Crippen molar-refractivity contribution in [1.29, 1.82) is 0 Å². The molecule has 210 valence electrons. The van der Waals surface area contributed by atoms with Gasteiger partial charge in [-0.15, -0.1) is 0 Å².